The van der Waals surface area contributed by atoms with E-state index in [0.717, 1.165) is 29.8 Å². The number of hydrogen-bond acceptors (Lipinski definition) is 5. The second kappa shape index (κ2) is 8.72. The van der Waals surface area contributed by atoms with Crippen molar-refractivity contribution in [2.75, 3.05) is 6.61 Å². The van der Waals surface area contributed by atoms with E-state index in [1.807, 2.05) is 23.6 Å². The Kier molecular flexibility index (Phi) is 6.01. The van der Waals surface area contributed by atoms with Gasteiger partial charge in [-0.1, -0.05) is 18.2 Å². The van der Waals surface area contributed by atoms with Gasteiger partial charge in [-0.15, -0.1) is 24.5 Å². The third kappa shape index (κ3) is 4.91. The summed E-state index contributed by atoms with van der Waals surface area (Å²) in [7, 11) is 0. The molecule has 1 aromatic carbocycles. The monoisotopic (exact) mass is 451 g/mol. The van der Waals surface area contributed by atoms with E-state index in [1.165, 1.54) is 18.2 Å². The molecule has 0 saturated carbocycles. The summed E-state index contributed by atoms with van der Waals surface area (Å²) in [6.07, 6.45) is -2.37. The number of carbonyl (C=O) groups excluding carboxylic acids is 1. The largest absolute Gasteiger partial charge is 0.573 e. The molecule has 1 aliphatic heterocycles. The van der Waals surface area contributed by atoms with Crippen LogP contribution in [0, 0.1) is 0 Å². The number of carbonyl (C=O) groups is 1. The molecule has 164 valence electrons. The summed E-state index contributed by atoms with van der Waals surface area (Å²) in [4.78, 5) is 12.6. The van der Waals surface area contributed by atoms with Crippen LogP contribution in [0.15, 0.2) is 41.8 Å². The predicted molar refractivity (Wildman–Crippen MR) is 109 cm³/mol. The zero-order chi connectivity index (χ0) is 22.0. The van der Waals surface area contributed by atoms with Gasteiger partial charge in [0.05, 0.1) is 21.8 Å². The lowest BCUT2D eigenvalue weighted by Crippen LogP contribution is -2.22. The Morgan fingerprint density at radius 3 is 2.77 bits per heavy atom. The van der Waals surface area contributed by atoms with Crippen LogP contribution in [0.5, 0.6) is 5.75 Å². The molecule has 4 rings (SSSR count). The van der Waals surface area contributed by atoms with Crippen LogP contribution in [0.4, 0.5) is 13.2 Å². The van der Waals surface area contributed by atoms with Gasteiger partial charge in [0.1, 0.15) is 5.75 Å². The first kappa shape index (κ1) is 21.4. The Morgan fingerprint density at radius 2 is 2.13 bits per heavy atom. The SMILES string of the molecule is NC(=O)c1cccc(Cc2cc(-c3cccs3)n(C3CCCCO3)n2)c1OC(F)(F)F. The van der Waals surface area contributed by atoms with Crippen LogP contribution in [0.3, 0.4) is 0 Å². The molecule has 31 heavy (non-hydrogen) atoms. The summed E-state index contributed by atoms with van der Waals surface area (Å²) in [6.45, 7) is 0.633. The Bertz CT molecular complexity index is 1060. The first-order chi connectivity index (χ1) is 14.8. The molecule has 2 N–H and O–H groups in total. The lowest BCUT2D eigenvalue weighted by molar-refractivity contribution is -0.275. The van der Waals surface area contributed by atoms with E-state index in [-0.39, 0.29) is 23.8 Å². The average Bonchev–Trinajstić information content (AvgIpc) is 3.38. The summed E-state index contributed by atoms with van der Waals surface area (Å²) in [6, 6.07) is 9.85. The molecule has 0 bridgehead atoms. The highest BCUT2D eigenvalue weighted by molar-refractivity contribution is 7.13. The summed E-state index contributed by atoms with van der Waals surface area (Å²) in [5.41, 5.74) is 6.47. The Morgan fingerprint density at radius 1 is 1.29 bits per heavy atom. The molecule has 0 radical (unpaired) electrons. The van der Waals surface area contributed by atoms with E-state index in [9.17, 15) is 18.0 Å². The van der Waals surface area contributed by atoms with Gasteiger partial charge in [-0.25, -0.2) is 4.68 Å². The molecule has 1 fully saturated rings. The van der Waals surface area contributed by atoms with Gasteiger partial charge in [-0.05, 0) is 42.8 Å². The first-order valence-electron chi connectivity index (χ1n) is 9.73. The van der Waals surface area contributed by atoms with Crippen molar-refractivity contribution in [2.45, 2.75) is 38.3 Å². The van der Waals surface area contributed by atoms with E-state index < -0.39 is 18.0 Å². The van der Waals surface area contributed by atoms with E-state index >= 15 is 0 Å². The number of para-hydroxylation sites is 1. The molecular formula is C21H20F3N3O3S. The number of hydrogen-bond donors (Lipinski definition) is 1. The van der Waals surface area contributed by atoms with Crippen LogP contribution >= 0.6 is 11.3 Å². The second-order valence-corrected chi connectivity index (χ2v) is 8.09. The topological polar surface area (TPSA) is 79.4 Å². The van der Waals surface area contributed by atoms with Gasteiger partial charge in [-0.2, -0.15) is 5.10 Å². The summed E-state index contributed by atoms with van der Waals surface area (Å²) in [5, 5.41) is 6.59. The van der Waals surface area contributed by atoms with Crippen molar-refractivity contribution in [1.29, 1.82) is 0 Å². The number of benzene rings is 1. The van der Waals surface area contributed by atoms with Crippen molar-refractivity contribution in [2.24, 2.45) is 5.73 Å². The van der Waals surface area contributed by atoms with Gasteiger partial charge in [0.2, 0.25) is 0 Å². The van der Waals surface area contributed by atoms with Crippen molar-refractivity contribution in [3.8, 4) is 16.3 Å². The molecule has 1 aliphatic rings. The highest BCUT2D eigenvalue weighted by Gasteiger charge is 2.34. The third-order valence-corrected chi connectivity index (χ3v) is 5.83. The van der Waals surface area contributed by atoms with Crippen molar-refractivity contribution in [3.63, 3.8) is 0 Å². The molecule has 10 heteroatoms. The number of thiophene rings is 1. The molecule has 2 aromatic heterocycles. The highest BCUT2D eigenvalue weighted by Crippen LogP contribution is 2.35. The van der Waals surface area contributed by atoms with Crippen LogP contribution in [-0.4, -0.2) is 28.7 Å². The zero-order valence-corrected chi connectivity index (χ0v) is 17.2. The lowest BCUT2D eigenvalue weighted by atomic mass is 10.0. The van der Waals surface area contributed by atoms with E-state index in [2.05, 4.69) is 9.84 Å². The summed E-state index contributed by atoms with van der Waals surface area (Å²) >= 11 is 1.54. The standard InChI is InChI=1S/C21H20F3N3O3S/c22-21(23,24)30-19-13(5-3-6-15(19)20(25)28)11-14-12-16(17-7-4-10-31-17)27(26-14)18-8-1-2-9-29-18/h3-7,10,12,18H,1-2,8-9,11H2,(H2,25,28). The van der Waals surface area contributed by atoms with Gasteiger partial charge < -0.3 is 15.2 Å². The fourth-order valence-corrected chi connectivity index (χ4v) is 4.36. The summed E-state index contributed by atoms with van der Waals surface area (Å²) in [5.74, 6) is -1.59. The smallest absolute Gasteiger partial charge is 0.405 e. The van der Waals surface area contributed by atoms with Gasteiger partial charge in [-0.3, -0.25) is 4.79 Å². The minimum absolute atomic E-state index is 0.0324. The third-order valence-electron chi connectivity index (χ3n) is 4.94. The molecule has 1 amide bonds. The van der Waals surface area contributed by atoms with E-state index in [4.69, 9.17) is 10.5 Å². The molecule has 1 unspecified atom stereocenters. The number of rotatable bonds is 6. The molecule has 3 aromatic rings. The quantitative estimate of drug-likeness (QED) is 0.578. The Hall–Kier alpha value is -2.85. The minimum atomic E-state index is -4.96. The molecule has 6 nitrogen and oxygen atoms in total. The average molecular weight is 451 g/mol. The lowest BCUT2D eigenvalue weighted by Gasteiger charge is -2.24. The predicted octanol–water partition coefficient (Wildman–Crippen LogP) is 4.90. The fraction of sp³-hybridized carbons (Fsp3) is 0.333. The maximum atomic E-state index is 13.0. The van der Waals surface area contributed by atoms with Crippen LogP contribution in [0.25, 0.3) is 10.6 Å². The van der Waals surface area contributed by atoms with Crippen molar-refractivity contribution in [3.05, 3.63) is 58.6 Å². The first-order valence-corrected chi connectivity index (χ1v) is 10.6. The van der Waals surface area contributed by atoms with Crippen molar-refractivity contribution < 1.29 is 27.4 Å². The number of primary amides is 1. The summed E-state index contributed by atoms with van der Waals surface area (Å²) < 4.78 is 50.8. The maximum absolute atomic E-state index is 13.0. The number of ether oxygens (including phenoxy) is 2. The van der Waals surface area contributed by atoms with Gasteiger partial charge >= 0.3 is 6.36 Å². The Balaban J connectivity index is 1.73. The van der Waals surface area contributed by atoms with Crippen LogP contribution in [-0.2, 0) is 11.2 Å². The molecule has 0 spiro atoms. The number of alkyl halides is 3. The zero-order valence-electron chi connectivity index (χ0n) is 16.4. The van der Waals surface area contributed by atoms with Crippen molar-refractivity contribution in [1.82, 2.24) is 9.78 Å². The molecule has 3 heterocycles. The molecular weight excluding hydrogens is 431 g/mol. The normalized spacial score (nSPS) is 16.9. The number of halogens is 3. The second-order valence-electron chi connectivity index (χ2n) is 7.15. The highest BCUT2D eigenvalue weighted by atomic mass is 32.1. The van der Waals surface area contributed by atoms with Crippen molar-refractivity contribution >= 4 is 17.2 Å². The number of nitrogens with two attached hydrogens (primary N) is 1. The fourth-order valence-electron chi connectivity index (χ4n) is 3.63. The van der Waals surface area contributed by atoms with Gasteiger partial charge in [0.25, 0.3) is 5.91 Å². The maximum Gasteiger partial charge on any atom is 0.573 e. The van der Waals surface area contributed by atoms with Crippen LogP contribution in [0.1, 0.15) is 47.1 Å². The minimum Gasteiger partial charge on any atom is -0.405 e. The van der Waals surface area contributed by atoms with Crippen LogP contribution in [0.2, 0.25) is 0 Å². The number of aromatic nitrogens is 2. The molecule has 0 aliphatic carbocycles. The van der Waals surface area contributed by atoms with E-state index in [0.29, 0.717) is 12.3 Å². The van der Waals surface area contributed by atoms with Gasteiger partial charge in [0.15, 0.2) is 6.23 Å². The van der Waals surface area contributed by atoms with Gasteiger partial charge in [0, 0.05) is 18.6 Å². The number of nitrogens with zero attached hydrogens (tertiary/aromatic N) is 2. The van der Waals surface area contributed by atoms with Crippen LogP contribution < -0.4 is 10.5 Å². The van der Waals surface area contributed by atoms with E-state index in [1.54, 1.807) is 16.0 Å². The molecule has 1 saturated heterocycles. The Labute approximate surface area is 180 Å². The number of amides is 1. The molecule has 1 atom stereocenters.